The van der Waals surface area contributed by atoms with E-state index in [0.29, 0.717) is 13.1 Å². The molecule has 20 heavy (non-hydrogen) atoms. The Bertz CT molecular complexity index is 639. The van der Waals surface area contributed by atoms with Gasteiger partial charge >= 0.3 is 6.09 Å². The Balaban J connectivity index is 1.90. The highest BCUT2D eigenvalue weighted by atomic mass is 16.4. The molecule has 1 amide bonds. The van der Waals surface area contributed by atoms with Crippen LogP contribution in [0.3, 0.4) is 0 Å². The minimum Gasteiger partial charge on any atom is -0.465 e. The van der Waals surface area contributed by atoms with E-state index in [1.807, 2.05) is 25.2 Å². The highest BCUT2D eigenvalue weighted by Crippen LogP contribution is 2.28. The maximum atomic E-state index is 11.0. The fourth-order valence-corrected chi connectivity index (χ4v) is 2.82. The molecular formula is C15H17N3O2. The van der Waals surface area contributed by atoms with E-state index < -0.39 is 6.09 Å². The molecule has 0 radical (unpaired) electrons. The molecule has 1 aromatic heterocycles. The van der Waals surface area contributed by atoms with Crippen LogP contribution in [0.15, 0.2) is 36.5 Å². The van der Waals surface area contributed by atoms with Crippen LogP contribution in [0.4, 0.5) is 10.5 Å². The number of amides is 1. The van der Waals surface area contributed by atoms with Gasteiger partial charge in [0.15, 0.2) is 0 Å². The highest BCUT2D eigenvalue weighted by Gasteiger charge is 2.29. The van der Waals surface area contributed by atoms with Gasteiger partial charge in [-0.15, -0.1) is 0 Å². The van der Waals surface area contributed by atoms with Gasteiger partial charge in [0, 0.05) is 43.4 Å². The lowest BCUT2D eigenvalue weighted by Gasteiger charge is -2.27. The lowest BCUT2D eigenvalue weighted by atomic mass is 10.1. The van der Waals surface area contributed by atoms with Crippen molar-refractivity contribution < 1.29 is 9.90 Å². The summed E-state index contributed by atoms with van der Waals surface area (Å²) in [5, 5.41) is 10.2. The number of rotatable bonds is 2. The molecule has 2 aromatic rings. The minimum absolute atomic E-state index is 0.219. The standard InChI is InChI=1S/C15H17N3O2/c1-17(11-7-9-18(10-11)15(19)20)14-6-2-5-13-12(14)4-3-8-16-13/h2-6,8,11H,7,9-10H2,1H3,(H,19,20)/t11-/m1/s1. The van der Waals surface area contributed by atoms with E-state index in [1.165, 1.54) is 4.90 Å². The van der Waals surface area contributed by atoms with Crippen LogP contribution in [0, 0.1) is 0 Å². The molecule has 0 saturated carbocycles. The molecule has 1 N–H and O–H groups in total. The first-order valence-corrected chi connectivity index (χ1v) is 6.71. The number of carboxylic acid groups (broad SMARTS) is 1. The van der Waals surface area contributed by atoms with Crippen molar-refractivity contribution in [3.05, 3.63) is 36.5 Å². The number of likely N-dealkylation sites (tertiary alicyclic amines) is 1. The summed E-state index contributed by atoms with van der Waals surface area (Å²) in [7, 11) is 2.03. The molecule has 1 saturated heterocycles. The summed E-state index contributed by atoms with van der Waals surface area (Å²) in [6.07, 6.45) is 1.81. The monoisotopic (exact) mass is 271 g/mol. The van der Waals surface area contributed by atoms with Gasteiger partial charge in [0.2, 0.25) is 0 Å². The number of carbonyl (C=O) groups is 1. The van der Waals surface area contributed by atoms with E-state index in [2.05, 4.69) is 22.0 Å². The summed E-state index contributed by atoms with van der Waals surface area (Å²) in [6, 6.07) is 10.2. The molecule has 1 aliphatic rings. The summed E-state index contributed by atoms with van der Waals surface area (Å²) >= 11 is 0. The van der Waals surface area contributed by atoms with E-state index in [4.69, 9.17) is 5.11 Å². The van der Waals surface area contributed by atoms with E-state index in [-0.39, 0.29) is 6.04 Å². The molecular weight excluding hydrogens is 254 g/mol. The molecule has 0 bridgehead atoms. The molecule has 3 rings (SSSR count). The SMILES string of the molecule is CN(c1cccc2ncccc12)[C@@H]1CCN(C(=O)O)C1. The zero-order chi connectivity index (χ0) is 14.1. The highest BCUT2D eigenvalue weighted by molar-refractivity contribution is 5.91. The van der Waals surface area contributed by atoms with Crippen LogP contribution in [-0.2, 0) is 0 Å². The zero-order valence-corrected chi connectivity index (χ0v) is 11.4. The normalized spacial score (nSPS) is 18.4. The van der Waals surface area contributed by atoms with Crippen LogP contribution in [0.2, 0.25) is 0 Å². The Morgan fingerprint density at radius 1 is 1.40 bits per heavy atom. The molecule has 104 valence electrons. The summed E-state index contributed by atoms with van der Waals surface area (Å²) < 4.78 is 0. The predicted molar refractivity (Wildman–Crippen MR) is 78.1 cm³/mol. The van der Waals surface area contributed by atoms with Gasteiger partial charge in [0.25, 0.3) is 0 Å². The Morgan fingerprint density at radius 3 is 3.00 bits per heavy atom. The average molecular weight is 271 g/mol. The van der Waals surface area contributed by atoms with E-state index in [9.17, 15) is 4.79 Å². The Kier molecular flexibility index (Phi) is 3.18. The summed E-state index contributed by atoms with van der Waals surface area (Å²) in [4.78, 5) is 19.0. The number of hydrogen-bond donors (Lipinski definition) is 1. The Morgan fingerprint density at radius 2 is 2.25 bits per heavy atom. The minimum atomic E-state index is -0.833. The molecule has 0 spiro atoms. The van der Waals surface area contributed by atoms with Crippen LogP contribution < -0.4 is 4.90 Å². The first-order chi connectivity index (χ1) is 9.66. The van der Waals surface area contributed by atoms with Gasteiger partial charge in [-0.25, -0.2) is 4.79 Å². The van der Waals surface area contributed by atoms with Gasteiger partial charge in [0.05, 0.1) is 5.52 Å². The van der Waals surface area contributed by atoms with Crippen LogP contribution in [0.25, 0.3) is 10.9 Å². The van der Waals surface area contributed by atoms with Gasteiger partial charge in [-0.1, -0.05) is 6.07 Å². The summed E-state index contributed by atoms with van der Waals surface area (Å²) in [6.45, 7) is 1.16. The number of hydrogen-bond acceptors (Lipinski definition) is 3. The lowest BCUT2D eigenvalue weighted by Crippen LogP contribution is -2.36. The maximum Gasteiger partial charge on any atom is 0.407 e. The smallest absolute Gasteiger partial charge is 0.407 e. The van der Waals surface area contributed by atoms with Crippen LogP contribution >= 0.6 is 0 Å². The van der Waals surface area contributed by atoms with Crippen molar-refractivity contribution in [3.63, 3.8) is 0 Å². The molecule has 0 unspecified atom stereocenters. The van der Waals surface area contributed by atoms with Gasteiger partial charge in [0.1, 0.15) is 0 Å². The third kappa shape index (κ3) is 2.15. The van der Waals surface area contributed by atoms with Crippen LogP contribution in [-0.4, -0.2) is 47.3 Å². The lowest BCUT2D eigenvalue weighted by molar-refractivity contribution is 0.155. The topological polar surface area (TPSA) is 56.7 Å². The predicted octanol–water partition coefficient (Wildman–Crippen LogP) is 2.42. The fourth-order valence-electron chi connectivity index (χ4n) is 2.82. The molecule has 1 aliphatic heterocycles. The van der Waals surface area contributed by atoms with Crippen molar-refractivity contribution in [2.75, 3.05) is 25.0 Å². The first-order valence-electron chi connectivity index (χ1n) is 6.71. The van der Waals surface area contributed by atoms with E-state index >= 15 is 0 Å². The van der Waals surface area contributed by atoms with Crippen LogP contribution in [0.5, 0.6) is 0 Å². The van der Waals surface area contributed by atoms with Crippen molar-refractivity contribution in [1.29, 1.82) is 0 Å². The van der Waals surface area contributed by atoms with Crippen molar-refractivity contribution in [2.24, 2.45) is 0 Å². The molecule has 1 aromatic carbocycles. The van der Waals surface area contributed by atoms with Gasteiger partial charge in [-0.2, -0.15) is 0 Å². The molecule has 2 heterocycles. The second-order valence-corrected chi connectivity index (χ2v) is 5.13. The number of fused-ring (bicyclic) bond motifs is 1. The maximum absolute atomic E-state index is 11.0. The molecule has 5 nitrogen and oxygen atoms in total. The number of likely N-dealkylation sites (N-methyl/N-ethyl adjacent to an activating group) is 1. The summed E-state index contributed by atoms with van der Waals surface area (Å²) in [5.41, 5.74) is 2.07. The molecule has 1 atom stereocenters. The third-order valence-corrected chi connectivity index (χ3v) is 3.98. The van der Waals surface area contributed by atoms with Gasteiger partial charge in [-0.3, -0.25) is 4.98 Å². The number of pyridine rings is 1. The van der Waals surface area contributed by atoms with Gasteiger partial charge in [-0.05, 0) is 30.7 Å². The van der Waals surface area contributed by atoms with E-state index in [0.717, 1.165) is 23.0 Å². The Hall–Kier alpha value is -2.30. The number of anilines is 1. The molecule has 5 heteroatoms. The molecule has 0 aliphatic carbocycles. The second kappa shape index (κ2) is 5.00. The van der Waals surface area contributed by atoms with Gasteiger partial charge < -0.3 is 14.9 Å². The van der Waals surface area contributed by atoms with E-state index in [1.54, 1.807) is 6.20 Å². The number of nitrogens with zero attached hydrogens (tertiary/aromatic N) is 3. The number of benzene rings is 1. The second-order valence-electron chi connectivity index (χ2n) is 5.13. The number of aromatic nitrogens is 1. The average Bonchev–Trinajstić information content (AvgIpc) is 2.96. The Labute approximate surface area is 117 Å². The van der Waals surface area contributed by atoms with Crippen LogP contribution in [0.1, 0.15) is 6.42 Å². The van der Waals surface area contributed by atoms with Crippen molar-refractivity contribution >= 4 is 22.7 Å². The quantitative estimate of drug-likeness (QED) is 0.911. The first kappa shape index (κ1) is 12.7. The molecule has 1 fully saturated rings. The van der Waals surface area contributed by atoms with Crippen molar-refractivity contribution in [2.45, 2.75) is 12.5 Å². The largest absolute Gasteiger partial charge is 0.465 e. The summed E-state index contributed by atoms with van der Waals surface area (Å²) in [5.74, 6) is 0. The third-order valence-electron chi connectivity index (χ3n) is 3.98. The van der Waals surface area contributed by atoms with Crippen molar-refractivity contribution in [1.82, 2.24) is 9.88 Å². The zero-order valence-electron chi connectivity index (χ0n) is 11.4. The fraction of sp³-hybridized carbons (Fsp3) is 0.333. The van der Waals surface area contributed by atoms with Crippen molar-refractivity contribution in [3.8, 4) is 0 Å².